The van der Waals surface area contributed by atoms with Crippen molar-refractivity contribution >= 4 is 38.7 Å². The van der Waals surface area contributed by atoms with Crippen molar-refractivity contribution in [2.45, 2.75) is 20.0 Å². The Hall–Kier alpha value is -3.52. The van der Waals surface area contributed by atoms with Crippen molar-refractivity contribution < 1.29 is 9.13 Å². The predicted molar refractivity (Wildman–Crippen MR) is 138 cm³/mol. The van der Waals surface area contributed by atoms with Crippen LogP contribution in [0.5, 0.6) is 5.75 Å². The van der Waals surface area contributed by atoms with E-state index in [2.05, 4.69) is 26.0 Å². The molecule has 1 heterocycles. The van der Waals surface area contributed by atoms with E-state index in [1.807, 2.05) is 56.3 Å². The summed E-state index contributed by atoms with van der Waals surface area (Å²) < 4.78 is 22.2. The van der Waals surface area contributed by atoms with Gasteiger partial charge in [0.1, 0.15) is 24.0 Å². The molecule has 8 heteroatoms. The Morgan fingerprint density at radius 1 is 1.15 bits per heavy atom. The van der Waals surface area contributed by atoms with Crippen molar-refractivity contribution in [3.8, 4) is 5.75 Å². The molecule has 4 aromatic rings. The van der Waals surface area contributed by atoms with Crippen molar-refractivity contribution in [3.63, 3.8) is 0 Å². The van der Waals surface area contributed by atoms with E-state index in [4.69, 9.17) is 4.74 Å². The zero-order valence-corrected chi connectivity index (χ0v) is 20.7. The number of hydrogen-bond donors (Lipinski definition) is 0. The number of benzene rings is 3. The Balaban J connectivity index is 1.74. The Kier molecular flexibility index (Phi) is 7.07. The lowest BCUT2D eigenvalue weighted by Gasteiger charge is -2.16. The van der Waals surface area contributed by atoms with Crippen LogP contribution in [-0.4, -0.2) is 30.0 Å². The number of fused-ring (bicyclic) bond motifs is 1. The smallest absolute Gasteiger partial charge is 0.282 e. The fourth-order valence-electron chi connectivity index (χ4n) is 3.47. The minimum atomic E-state index is -0.325. The number of ether oxygens (including phenoxy) is 1. The van der Waals surface area contributed by atoms with Crippen LogP contribution in [0.3, 0.4) is 0 Å². The van der Waals surface area contributed by atoms with Crippen molar-refractivity contribution in [2.75, 3.05) is 19.0 Å². The van der Waals surface area contributed by atoms with Crippen LogP contribution in [0.15, 0.2) is 75.0 Å². The minimum Gasteiger partial charge on any atom is -0.488 e. The van der Waals surface area contributed by atoms with Crippen LogP contribution in [-0.2, 0) is 13.0 Å². The second-order valence-electron chi connectivity index (χ2n) is 7.90. The highest BCUT2D eigenvalue weighted by atomic mass is 79.9. The molecule has 174 valence electrons. The van der Waals surface area contributed by atoms with Crippen LogP contribution in [0.4, 0.5) is 10.1 Å². The molecule has 6 nitrogen and oxygen atoms in total. The Labute approximate surface area is 205 Å². The zero-order chi connectivity index (χ0) is 24.2. The molecule has 0 N–H and O–H groups in total. The molecule has 3 aromatic carbocycles. The average Bonchev–Trinajstić information content (AvgIpc) is 2.83. The molecule has 0 unspecified atom stereocenters. The first-order valence-corrected chi connectivity index (χ1v) is 11.6. The van der Waals surface area contributed by atoms with Crippen molar-refractivity contribution in [1.29, 1.82) is 0 Å². The molecule has 0 spiro atoms. The number of hydrogen-bond acceptors (Lipinski definition) is 5. The predicted octanol–water partition coefficient (Wildman–Crippen LogP) is 5.39. The number of aryl methyl sites for hydroxylation is 1. The lowest BCUT2D eigenvalue weighted by atomic mass is 10.2. The highest BCUT2D eigenvalue weighted by Gasteiger charge is 2.11. The number of anilines is 1. The average molecular weight is 523 g/mol. The minimum absolute atomic E-state index is 0.0656. The molecule has 0 aliphatic carbocycles. The number of aromatic nitrogens is 2. The molecule has 0 radical (unpaired) electrons. The molecule has 0 saturated carbocycles. The van der Waals surface area contributed by atoms with E-state index in [-0.39, 0.29) is 18.0 Å². The van der Waals surface area contributed by atoms with Crippen LogP contribution in [0.1, 0.15) is 23.9 Å². The van der Waals surface area contributed by atoms with E-state index in [1.54, 1.807) is 30.5 Å². The van der Waals surface area contributed by atoms with Crippen molar-refractivity contribution in [2.24, 2.45) is 5.10 Å². The van der Waals surface area contributed by atoms with Crippen LogP contribution in [0.2, 0.25) is 0 Å². The molecule has 0 aliphatic rings. The molecular formula is C26H24BrFN4O2. The van der Waals surface area contributed by atoms with E-state index in [0.717, 1.165) is 10.2 Å². The number of nitrogens with zero attached hydrogens (tertiary/aromatic N) is 4. The fourth-order valence-corrected chi connectivity index (χ4v) is 3.83. The van der Waals surface area contributed by atoms with Gasteiger partial charge in [0, 0.05) is 47.9 Å². The van der Waals surface area contributed by atoms with Gasteiger partial charge in [-0.25, -0.2) is 9.37 Å². The molecular weight excluding hydrogens is 499 g/mol. The van der Waals surface area contributed by atoms with Crippen LogP contribution >= 0.6 is 15.9 Å². The summed E-state index contributed by atoms with van der Waals surface area (Å²) in [5, 5.41) is 4.94. The highest BCUT2D eigenvalue weighted by Crippen LogP contribution is 2.25. The summed E-state index contributed by atoms with van der Waals surface area (Å²) in [5.74, 6) is 0.754. The summed E-state index contributed by atoms with van der Waals surface area (Å²) in [6.45, 7) is 1.99. The largest absolute Gasteiger partial charge is 0.488 e. The highest BCUT2D eigenvalue weighted by molar-refractivity contribution is 9.10. The number of rotatable bonds is 7. The van der Waals surface area contributed by atoms with Gasteiger partial charge in [-0.3, -0.25) is 4.79 Å². The van der Waals surface area contributed by atoms with Gasteiger partial charge in [0.25, 0.3) is 5.56 Å². The van der Waals surface area contributed by atoms with Crippen LogP contribution < -0.4 is 15.2 Å². The lowest BCUT2D eigenvalue weighted by Crippen LogP contribution is -2.22. The first-order chi connectivity index (χ1) is 16.4. The van der Waals surface area contributed by atoms with Gasteiger partial charge in [0.15, 0.2) is 0 Å². The van der Waals surface area contributed by atoms with Gasteiger partial charge >= 0.3 is 0 Å². The van der Waals surface area contributed by atoms with Crippen LogP contribution in [0, 0.1) is 5.82 Å². The molecule has 0 amide bonds. The van der Waals surface area contributed by atoms with Crippen molar-refractivity contribution in [3.05, 3.63) is 98.3 Å². The van der Waals surface area contributed by atoms with E-state index in [0.29, 0.717) is 40.0 Å². The van der Waals surface area contributed by atoms with Gasteiger partial charge in [-0.2, -0.15) is 9.78 Å². The molecule has 0 atom stereocenters. The van der Waals surface area contributed by atoms with Gasteiger partial charge in [-0.1, -0.05) is 41.1 Å². The third kappa shape index (κ3) is 5.02. The lowest BCUT2D eigenvalue weighted by molar-refractivity contribution is 0.299. The second-order valence-corrected chi connectivity index (χ2v) is 8.82. The Morgan fingerprint density at radius 3 is 2.68 bits per heavy atom. The first-order valence-electron chi connectivity index (χ1n) is 10.8. The van der Waals surface area contributed by atoms with Gasteiger partial charge < -0.3 is 9.64 Å². The standard InChI is InChI=1S/C26H24BrFN4O2/c1-4-25-30-23-12-10-19(27)13-21(23)26(33)32(25)29-15-17-9-11-20(31(2)3)14-24(17)34-16-18-7-5-6-8-22(18)28/h5-15H,4,16H2,1-3H3. The SMILES string of the molecule is CCc1nc2ccc(Br)cc2c(=O)n1N=Cc1ccc(N(C)C)cc1OCc1ccccc1F. The maximum Gasteiger partial charge on any atom is 0.282 e. The quantitative estimate of drug-likeness (QED) is 0.305. The van der Waals surface area contributed by atoms with Gasteiger partial charge in [-0.05, 0) is 36.4 Å². The molecule has 1 aromatic heterocycles. The van der Waals surface area contributed by atoms with Crippen molar-refractivity contribution in [1.82, 2.24) is 9.66 Å². The molecule has 0 aliphatic heterocycles. The molecule has 0 saturated heterocycles. The summed E-state index contributed by atoms with van der Waals surface area (Å²) >= 11 is 3.41. The van der Waals surface area contributed by atoms with E-state index < -0.39 is 0 Å². The Morgan fingerprint density at radius 2 is 1.94 bits per heavy atom. The molecule has 4 rings (SSSR count). The summed E-state index contributed by atoms with van der Waals surface area (Å²) in [6, 6.07) is 17.6. The summed E-state index contributed by atoms with van der Waals surface area (Å²) in [4.78, 5) is 19.7. The summed E-state index contributed by atoms with van der Waals surface area (Å²) in [7, 11) is 3.85. The maximum atomic E-state index is 14.1. The third-order valence-corrected chi connectivity index (χ3v) is 5.85. The van der Waals surface area contributed by atoms with Crippen LogP contribution in [0.25, 0.3) is 10.9 Å². The van der Waals surface area contributed by atoms with E-state index in [9.17, 15) is 9.18 Å². The first kappa shape index (κ1) is 23.6. The molecule has 0 bridgehead atoms. The van der Waals surface area contributed by atoms with E-state index in [1.165, 1.54) is 10.7 Å². The monoisotopic (exact) mass is 522 g/mol. The summed E-state index contributed by atoms with van der Waals surface area (Å²) in [5.41, 5.74) is 2.41. The normalized spacial score (nSPS) is 11.3. The zero-order valence-electron chi connectivity index (χ0n) is 19.1. The Bertz CT molecular complexity index is 1430. The maximum absolute atomic E-state index is 14.1. The fraction of sp³-hybridized carbons (Fsp3) is 0.192. The second kappa shape index (κ2) is 10.2. The molecule has 34 heavy (non-hydrogen) atoms. The van der Waals surface area contributed by atoms with Gasteiger partial charge in [0.2, 0.25) is 0 Å². The summed E-state index contributed by atoms with van der Waals surface area (Å²) in [6.07, 6.45) is 2.11. The van der Waals surface area contributed by atoms with E-state index >= 15 is 0 Å². The third-order valence-electron chi connectivity index (χ3n) is 5.36. The number of halogens is 2. The molecule has 0 fully saturated rings. The van der Waals surface area contributed by atoms with Gasteiger partial charge in [-0.15, -0.1) is 0 Å². The topological polar surface area (TPSA) is 59.7 Å². The van der Waals surface area contributed by atoms with Gasteiger partial charge in [0.05, 0.1) is 17.1 Å².